The molecule has 3 nitrogen and oxygen atoms in total. The molecule has 0 spiro atoms. The molecule has 0 fully saturated rings. The van der Waals surface area contributed by atoms with Crippen LogP contribution in [0.3, 0.4) is 0 Å². The summed E-state index contributed by atoms with van der Waals surface area (Å²) in [5, 5.41) is 14.1. The highest BCUT2D eigenvalue weighted by atomic mass is 35.5. The van der Waals surface area contributed by atoms with Gasteiger partial charge in [0.2, 0.25) is 0 Å². The molecule has 1 unspecified atom stereocenters. The van der Waals surface area contributed by atoms with Crippen molar-refractivity contribution in [2.24, 2.45) is 0 Å². The third kappa shape index (κ3) is 3.69. The van der Waals surface area contributed by atoms with Gasteiger partial charge in [-0.2, -0.15) is 13.2 Å². The zero-order valence-corrected chi connectivity index (χ0v) is 15.5. The van der Waals surface area contributed by atoms with Gasteiger partial charge in [0.05, 0.1) is 5.02 Å². The zero-order chi connectivity index (χ0) is 19.2. The molecule has 1 aliphatic heterocycles. The minimum atomic E-state index is -4.68. The molecule has 8 heteroatoms. The van der Waals surface area contributed by atoms with Gasteiger partial charge < -0.3 is 14.8 Å². The molecule has 27 heavy (non-hydrogen) atoms. The number of alkyl halides is 3. The van der Waals surface area contributed by atoms with Crippen molar-refractivity contribution in [2.75, 3.05) is 6.54 Å². The Labute approximate surface area is 162 Å². The van der Waals surface area contributed by atoms with Gasteiger partial charge in [0.1, 0.15) is 5.76 Å². The van der Waals surface area contributed by atoms with Gasteiger partial charge in [-0.3, -0.25) is 0 Å². The molecule has 142 valence electrons. The van der Waals surface area contributed by atoms with Crippen LogP contribution in [0.4, 0.5) is 13.2 Å². The van der Waals surface area contributed by atoms with Gasteiger partial charge >= 0.3 is 6.18 Å². The second kappa shape index (κ2) is 7.05. The molecule has 1 aliphatic rings. The Morgan fingerprint density at radius 3 is 2.59 bits per heavy atom. The number of halogens is 4. The topological polar surface area (TPSA) is 45.4 Å². The lowest BCUT2D eigenvalue weighted by molar-refractivity contribution is -0.206. The van der Waals surface area contributed by atoms with Crippen LogP contribution in [0.15, 0.2) is 50.6 Å². The predicted molar refractivity (Wildman–Crippen MR) is 98.2 cm³/mol. The van der Waals surface area contributed by atoms with E-state index in [9.17, 15) is 18.3 Å². The van der Waals surface area contributed by atoms with Crippen molar-refractivity contribution in [1.29, 1.82) is 0 Å². The minimum absolute atomic E-state index is 0.185. The van der Waals surface area contributed by atoms with Crippen molar-refractivity contribution in [1.82, 2.24) is 5.32 Å². The molecular weight excluding hydrogens is 399 g/mol. The van der Waals surface area contributed by atoms with E-state index in [4.69, 9.17) is 16.0 Å². The molecule has 0 saturated carbocycles. The number of aliphatic hydroxyl groups excluding tert-OH is 1. The summed E-state index contributed by atoms with van der Waals surface area (Å²) in [6.07, 6.45) is -6.35. The Morgan fingerprint density at radius 1 is 1.15 bits per heavy atom. The quantitative estimate of drug-likeness (QED) is 0.597. The molecule has 2 heterocycles. The first-order valence-corrected chi connectivity index (χ1v) is 9.49. The summed E-state index contributed by atoms with van der Waals surface area (Å²) in [6, 6.07) is 9.45. The number of nitrogens with one attached hydrogen (secondary N) is 1. The molecule has 0 bridgehead atoms. The van der Waals surface area contributed by atoms with Gasteiger partial charge in [-0.25, -0.2) is 0 Å². The maximum Gasteiger partial charge on any atom is 0.418 e. The third-order valence-corrected chi connectivity index (χ3v) is 5.74. The monoisotopic (exact) mass is 413 g/mol. The third-order valence-electron chi connectivity index (χ3n) is 4.48. The molecule has 0 amide bonds. The van der Waals surface area contributed by atoms with Crippen molar-refractivity contribution in [2.45, 2.75) is 35.0 Å². The summed E-state index contributed by atoms with van der Waals surface area (Å²) in [5.74, 6) is 0.943. The second-order valence-corrected chi connectivity index (χ2v) is 7.88. The standard InChI is InChI=1S/C19H15ClF3NO2S/c20-15-8-12(7-13-14-9-24-6-5-16(14)26-17(13)15)27-11-3-1-10(2-4-11)18(25)19(21,22)23/h1-4,7-8,18,24-25H,5-6,9H2. The van der Waals surface area contributed by atoms with E-state index in [0.717, 1.165) is 46.0 Å². The molecule has 1 atom stereocenters. The van der Waals surface area contributed by atoms with Crippen molar-refractivity contribution < 1.29 is 22.7 Å². The minimum Gasteiger partial charge on any atom is -0.459 e. The molecule has 0 aliphatic carbocycles. The van der Waals surface area contributed by atoms with Gasteiger partial charge in [-0.1, -0.05) is 35.5 Å². The second-order valence-electron chi connectivity index (χ2n) is 6.33. The Hall–Kier alpha value is -1.67. The van der Waals surface area contributed by atoms with Crippen LogP contribution >= 0.6 is 23.4 Å². The summed E-state index contributed by atoms with van der Waals surface area (Å²) in [7, 11) is 0. The first-order valence-electron chi connectivity index (χ1n) is 8.30. The van der Waals surface area contributed by atoms with Crippen LogP contribution in [0.25, 0.3) is 11.0 Å². The van der Waals surface area contributed by atoms with E-state index in [2.05, 4.69) is 5.32 Å². The highest BCUT2D eigenvalue weighted by molar-refractivity contribution is 7.99. The van der Waals surface area contributed by atoms with E-state index < -0.39 is 12.3 Å². The van der Waals surface area contributed by atoms with Crippen LogP contribution in [0.5, 0.6) is 0 Å². The normalized spacial score (nSPS) is 15.7. The van der Waals surface area contributed by atoms with E-state index >= 15 is 0 Å². The van der Waals surface area contributed by atoms with E-state index in [1.54, 1.807) is 18.2 Å². The lowest BCUT2D eigenvalue weighted by atomic mass is 10.1. The van der Waals surface area contributed by atoms with E-state index in [0.29, 0.717) is 10.6 Å². The van der Waals surface area contributed by atoms with Gasteiger partial charge in [0, 0.05) is 40.3 Å². The summed E-state index contributed by atoms with van der Waals surface area (Å²) in [4.78, 5) is 1.62. The number of benzene rings is 2. The lowest BCUT2D eigenvalue weighted by Gasteiger charge is -2.15. The number of fused-ring (bicyclic) bond motifs is 3. The average Bonchev–Trinajstić information content (AvgIpc) is 3.01. The van der Waals surface area contributed by atoms with E-state index in [1.807, 2.05) is 6.07 Å². The van der Waals surface area contributed by atoms with Gasteiger partial charge in [0.15, 0.2) is 11.7 Å². The fraction of sp³-hybridized carbons (Fsp3) is 0.263. The fourth-order valence-corrected chi connectivity index (χ4v) is 4.37. The summed E-state index contributed by atoms with van der Waals surface area (Å²) >= 11 is 7.77. The van der Waals surface area contributed by atoms with Crippen LogP contribution in [0.2, 0.25) is 5.02 Å². The van der Waals surface area contributed by atoms with Crippen LogP contribution in [0, 0.1) is 0 Å². The maximum absolute atomic E-state index is 12.6. The molecule has 0 saturated heterocycles. The number of hydrogen-bond acceptors (Lipinski definition) is 4. The first kappa shape index (κ1) is 18.7. The van der Waals surface area contributed by atoms with Crippen LogP contribution < -0.4 is 5.32 Å². The van der Waals surface area contributed by atoms with Gasteiger partial charge in [-0.05, 0) is 29.8 Å². The van der Waals surface area contributed by atoms with Gasteiger partial charge in [-0.15, -0.1) is 0 Å². The van der Waals surface area contributed by atoms with Gasteiger partial charge in [0.25, 0.3) is 0 Å². The summed E-state index contributed by atoms with van der Waals surface area (Å²) in [5.41, 5.74) is 1.58. The molecular formula is C19H15ClF3NO2S. The molecule has 4 rings (SSSR count). The molecule has 2 N–H and O–H groups in total. The van der Waals surface area contributed by atoms with Crippen molar-refractivity contribution in [3.05, 3.63) is 58.3 Å². The molecule has 2 aromatic carbocycles. The molecule has 3 aromatic rings. The van der Waals surface area contributed by atoms with Crippen molar-refractivity contribution in [3.63, 3.8) is 0 Å². The highest BCUT2D eigenvalue weighted by Crippen LogP contribution is 2.39. The summed E-state index contributed by atoms with van der Waals surface area (Å²) < 4.78 is 43.7. The number of aliphatic hydroxyl groups is 1. The maximum atomic E-state index is 12.6. The predicted octanol–water partition coefficient (Wildman–Crippen LogP) is 5.48. The zero-order valence-electron chi connectivity index (χ0n) is 13.9. The molecule has 1 aromatic heterocycles. The smallest absolute Gasteiger partial charge is 0.418 e. The Kier molecular flexibility index (Phi) is 4.88. The SMILES string of the molecule is OC(c1ccc(Sc2cc(Cl)c3oc4c(c3c2)CNCC4)cc1)C(F)(F)F. The Bertz CT molecular complexity index is 985. The Morgan fingerprint density at radius 2 is 1.89 bits per heavy atom. The van der Waals surface area contributed by atoms with Crippen molar-refractivity contribution in [3.8, 4) is 0 Å². The Balaban J connectivity index is 1.62. The van der Waals surface area contributed by atoms with Crippen LogP contribution in [0.1, 0.15) is 23.0 Å². The highest BCUT2D eigenvalue weighted by Gasteiger charge is 2.39. The number of furan rings is 1. The van der Waals surface area contributed by atoms with E-state index in [-0.39, 0.29) is 5.56 Å². The fourth-order valence-electron chi connectivity index (χ4n) is 3.14. The van der Waals surface area contributed by atoms with Crippen LogP contribution in [-0.2, 0) is 13.0 Å². The van der Waals surface area contributed by atoms with Crippen LogP contribution in [-0.4, -0.2) is 17.8 Å². The largest absolute Gasteiger partial charge is 0.459 e. The van der Waals surface area contributed by atoms with Crippen molar-refractivity contribution >= 4 is 34.3 Å². The number of hydrogen-bond donors (Lipinski definition) is 2. The lowest BCUT2D eigenvalue weighted by Crippen LogP contribution is -2.22. The van der Waals surface area contributed by atoms with E-state index in [1.165, 1.54) is 23.9 Å². The number of rotatable bonds is 3. The first-order chi connectivity index (χ1) is 12.8. The molecule has 0 radical (unpaired) electrons. The average molecular weight is 414 g/mol. The summed E-state index contributed by atoms with van der Waals surface area (Å²) in [6.45, 7) is 1.58.